The molecule has 0 amide bonds. The maximum absolute atomic E-state index is 3.56. The quantitative estimate of drug-likeness (QED) is 0.827. The summed E-state index contributed by atoms with van der Waals surface area (Å²) in [6.45, 7) is 4.43. The zero-order chi connectivity index (χ0) is 7.23. The van der Waals surface area contributed by atoms with Crippen LogP contribution in [0.3, 0.4) is 0 Å². The summed E-state index contributed by atoms with van der Waals surface area (Å²) in [6.07, 6.45) is 1.70. The van der Waals surface area contributed by atoms with Crippen molar-refractivity contribution in [1.29, 1.82) is 0 Å². The van der Waals surface area contributed by atoms with Gasteiger partial charge in [0.1, 0.15) is 0 Å². The van der Waals surface area contributed by atoms with Crippen molar-refractivity contribution in [2.45, 2.75) is 6.54 Å². The fourth-order valence-corrected chi connectivity index (χ4v) is 0.786. The maximum atomic E-state index is 3.56. The van der Waals surface area contributed by atoms with Crippen LogP contribution in [-0.4, -0.2) is 0 Å². The lowest BCUT2D eigenvalue weighted by molar-refractivity contribution is 0.872. The van der Waals surface area contributed by atoms with Crippen LogP contribution in [0.2, 0.25) is 0 Å². The minimum atomic E-state index is 0. The van der Waals surface area contributed by atoms with Crippen molar-refractivity contribution >= 4 is 24.8 Å². The SMILES string of the molecule is C=CNCc1ccccc1.Cl.Cl.N. The molecule has 0 atom stereocenters. The number of nitrogens with one attached hydrogen (secondary N) is 1. The Bertz CT molecular complexity index is 202. The first-order valence-electron chi connectivity index (χ1n) is 3.31. The van der Waals surface area contributed by atoms with E-state index in [0.717, 1.165) is 6.54 Å². The van der Waals surface area contributed by atoms with Gasteiger partial charge in [0.05, 0.1) is 0 Å². The van der Waals surface area contributed by atoms with Gasteiger partial charge in [-0.25, -0.2) is 0 Å². The van der Waals surface area contributed by atoms with Crippen LogP contribution < -0.4 is 11.5 Å². The van der Waals surface area contributed by atoms with Crippen molar-refractivity contribution in [2.24, 2.45) is 0 Å². The first kappa shape index (κ1) is 18.2. The Labute approximate surface area is 91.8 Å². The standard InChI is InChI=1S/C9H11N.2ClH.H3N/c1-2-10-8-9-6-4-3-5-7-9;;;/h2-7,10H,1,8H2;2*1H;1H3. The number of benzene rings is 1. The van der Waals surface area contributed by atoms with Gasteiger partial charge in [0.25, 0.3) is 0 Å². The molecule has 0 aliphatic heterocycles. The summed E-state index contributed by atoms with van der Waals surface area (Å²) in [5.41, 5.74) is 1.28. The molecule has 0 radical (unpaired) electrons. The van der Waals surface area contributed by atoms with E-state index in [1.807, 2.05) is 18.2 Å². The average Bonchev–Trinajstić information content (AvgIpc) is 2.03. The molecule has 2 nitrogen and oxygen atoms in total. The number of hydrogen-bond acceptors (Lipinski definition) is 2. The van der Waals surface area contributed by atoms with Crippen molar-refractivity contribution in [2.75, 3.05) is 0 Å². The molecule has 1 aromatic rings. The highest BCUT2D eigenvalue weighted by Gasteiger charge is 1.84. The molecule has 0 saturated heterocycles. The van der Waals surface area contributed by atoms with Crippen molar-refractivity contribution in [1.82, 2.24) is 11.5 Å². The summed E-state index contributed by atoms with van der Waals surface area (Å²) in [7, 11) is 0. The molecule has 4 N–H and O–H groups in total. The topological polar surface area (TPSA) is 47.0 Å². The number of hydrogen-bond donors (Lipinski definition) is 2. The number of halogens is 2. The third-order valence-electron chi connectivity index (χ3n) is 1.29. The van der Waals surface area contributed by atoms with Gasteiger partial charge in [-0.1, -0.05) is 36.9 Å². The van der Waals surface area contributed by atoms with E-state index in [4.69, 9.17) is 0 Å². The van der Waals surface area contributed by atoms with E-state index in [1.165, 1.54) is 5.56 Å². The Kier molecular flexibility index (Phi) is 15.8. The van der Waals surface area contributed by atoms with Gasteiger partial charge in [-0.05, 0) is 11.8 Å². The molecule has 0 unspecified atom stereocenters. The van der Waals surface area contributed by atoms with E-state index < -0.39 is 0 Å². The largest absolute Gasteiger partial charge is 0.387 e. The zero-order valence-corrected chi connectivity index (χ0v) is 9.03. The summed E-state index contributed by atoms with van der Waals surface area (Å²) in [4.78, 5) is 0. The van der Waals surface area contributed by atoms with Crippen LogP contribution in [0.1, 0.15) is 5.56 Å². The summed E-state index contributed by atoms with van der Waals surface area (Å²) >= 11 is 0. The van der Waals surface area contributed by atoms with E-state index in [0.29, 0.717) is 0 Å². The molecule has 1 rings (SSSR count). The Morgan fingerprint density at radius 1 is 1.15 bits per heavy atom. The van der Waals surface area contributed by atoms with E-state index in [1.54, 1.807) is 6.20 Å². The smallest absolute Gasteiger partial charge is 0.0395 e. The van der Waals surface area contributed by atoms with Crippen molar-refractivity contribution in [3.8, 4) is 0 Å². The molecule has 0 saturated carbocycles. The van der Waals surface area contributed by atoms with Gasteiger partial charge in [0, 0.05) is 6.54 Å². The summed E-state index contributed by atoms with van der Waals surface area (Å²) in [6, 6.07) is 10.2. The van der Waals surface area contributed by atoms with E-state index in [9.17, 15) is 0 Å². The molecule has 0 fully saturated rings. The summed E-state index contributed by atoms with van der Waals surface area (Å²) < 4.78 is 0. The molecule has 0 bridgehead atoms. The Hall–Kier alpha value is -0.700. The lowest BCUT2D eigenvalue weighted by atomic mass is 10.2. The Morgan fingerprint density at radius 3 is 2.15 bits per heavy atom. The molecule has 76 valence electrons. The van der Waals surface area contributed by atoms with Gasteiger partial charge in [0.15, 0.2) is 0 Å². The van der Waals surface area contributed by atoms with E-state index in [-0.39, 0.29) is 31.0 Å². The average molecular weight is 223 g/mol. The van der Waals surface area contributed by atoms with Crippen LogP contribution in [0.4, 0.5) is 0 Å². The second kappa shape index (κ2) is 11.3. The van der Waals surface area contributed by atoms with Crippen LogP contribution >= 0.6 is 24.8 Å². The lowest BCUT2D eigenvalue weighted by Crippen LogP contribution is -2.02. The highest BCUT2D eigenvalue weighted by Crippen LogP contribution is 1.96. The first-order chi connectivity index (χ1) is 4.93. The van der Waals surface area contributed by atoms with Gasteiger partial charge in [-0.15, -0.1) is 24.8 Å². The van der Waals surface area contributed by atoms with Crippen LogP contribution in [0.25, 0.3) is 0 Å². The highest BCUT2D eigenvalue weighted by atomic mass is 35.5. The van der Waals surface area contributed by atoms with Crippen molar-refractivity contribution < 1.29 is 0 Å². The fraction of sp³-hybridized carbons (Fsp3) is 0.111. The normalized spacial score (nSPS) is 6.77. The van der Waals surface area contributed by atoms with Crippen LogP contribution in [-0.2, 0) is 6.54 Å². The Balaban J connectivity index is -0.000000333. The van der Waals surface area contributed by atoms with Crippen LogP contribution in [0, 0.1) is 0 Å². The molecule has 0 spiro atoms. The minimum Gasteiger partial charge on any atom is -0.387 e. The van der Waals surface area contributed by atoms with Gasteiger partial charge < -0.3 is 11.5 Å². The van der Waals surface area contributed by atoms with Gasteiger partial charge in [-0.3, -0.25) is 0 Å². The van der Waals surface area contributed by atoms with Crippen LogP contribution in [0.5, 0.6) is 0 Å². The second-order valence-corrected chi connectivity index (χ2v) is 2.07. The maximum Gasteiger partial charge on any atom is 0.0395 e. The Morgan fingerprint density at radius 2 is 1.69 bits per heavy atom. The fourth-order valence-electron chi connectivity index (χ4n) is 0.786. The van der Waals surface area contributed by atoms with Gasteiger partial charge in [-0.2, -0.15) is 0 Å². The van der Waals surface area contributed by atoms with E-state index in [2.05, 4.69) is 24.0 Å². The zero-order valence-electron chi connectivity index (χ0n) is 7.40. The molecular formula is C9H16Cl2N2. The molecule has 0 aliphatic rings. The van der Waals surface area contributed by atoms with Crippen LogP contribution in [0.15, 0.2) is 43.1 Å². The molecule has 0 aliphatic carbocycles. The van der Waals surface area contributed by atoms with Gasteiger partial charge in [0.2, 0.25) is 0 Å². The van der Waals surface area contributed by atoms with Crippen molar-refractivity contribution in [3.63, 3.8) is 0 Å². The van der Waals surface area contributed by atoms with E-state index >= 15 is 0 Å². The van der Waals surface area contributed by atoms with Gasteiger partial charge >= 0.3 is 0 Å². The summed E-state index contributed by atoms with van der Waals surface area (Å²) in [5, 5.41) is 3.03. The summed E-state index contributed by atoms with van der Waals surface area (Å²) in [5.74, 6) is 0. The molecule has 0 aromatic heterocycles. The highest BCUT2D eigenvalue weighted by molar-refractivity contribution is 5.85. The molecular weight excluding hydrogens is 207 g/mol. The molecule has 4 heteroatoms. The first-order valence-corrected chi connectivity index (χ1v) is 3.31. The molecule has 0 heterocycles. The third kappa shape index (κ3) is 7.65. The third-order valence-corrected chi connectivity index (χ3v) is 1.29. The lowest BCUT2D eigenvalue weighted by Gasteiger charge is -1.98. The van der Waals surface area contributed by atoms with Crippen molar-refractivity contribution in [3.05, 3.63) is 48.7 Å². The predicted octanol–water partition coefficient (Wildman–Crippen LogP) is 2.93. The monoisotopic (exact) mass is 222 g/mol. The molecule has 1 aromatic carbocycles. The number of rotatable bonds is 3. The predicted molar refractivity (Wildman–Crippen MR) is 63.0 cm³/mol. The minimum absolute atomic E-state index is 0. The molecule has 13 heavy (non-hydrogen) atoms. The second-order valence-electron chi connectivity index (χ2n) is 2.07.